The predicted molar refractivity (Wildman–Crippen MR) is 155 cm³/mol. The minimum Gasteiger partial charge on any atom is -0.353 e. The molecule has 9 rings (SSSR count). The number of hydrogen-bond acceptors (Lipinski definition) is 4. The van der Waals surface area contributed by atoms with E-state index in [1.54, 1.807) is 0 Å². The van der Waals surface area contributed by atoms with Gasteiger partial charge in [-0.3, -0.25) is 10.0 Å². The molecular weight excluding hydrogens is 468 g/mol. The van der Waals surface area contributed by atoms with Gasteiger partial charge in [-0.2, -0.15) is 0 Å². The molecule has 3 aliphatic heterocycles. The molecule has 2 aromatic heterocycles. The summed E-state index contributed by atoms with van der Waals surface area (Å²) in [7, 11) is 0. The van der Waals surface area contributed by atoms with Crippen molar-refractivity contribution in [3.05, 3.63) is 121 Å². The number of hydrazine groups is 1. The maximum absolute atomic E-state index is 3.66. The zero-order valence-electron chi connectivity index (χ0n) is 20.6. The van der Waals surface area contributed by atoms with Crippen LogP contribution >= 0.6 is 0 Å². The Labute approximate surface area is 218 Å². The van der Waals surface area contributed by atoms with Gasteiger partial charge in [0.05, 0.1) is 33.8 Å². The molecule has 2 N–H and O–H groups in total. The molecule has 5 heterocycles. The zero-order valence-corrected chi connectivity index (χ0v) is 20.6. The Morgan fingerprint density at radius 3 is 1.42 bits per heavy atom. The molecule has 182 valence electrons. The number of nitrogens with one attached hydrogen (secondary N) is 2. The van der Waals surface area contributed by atoms with Gasteiger partial charge in [-0.1, -0.05) is 60.7 Å². The summed E-state index contributed by atoms with van der Waals surface area (Å²) in [5.74, 6) is 0. The van der Waals surface area contributed by atoms with Crippen LogP contribution < -0.4 is 9.80 Å². The number of para-hydroxylation sites is 4. The Kier molecular flexibility index (Phi) is 3.81. The lowest BCUT2D eigenvalue weighted by Gasteiger charge is -2.37. The zero-order chi connectivity index (χ0) is 24.8. The van der Waals surface area contributed by atoms with Crippen LogP contribution in [-0.2, 0) is 0 Å². The molecule has 0 aliphatic carbocycles. The number of benzene rings is 4. The fourth-order valence-electron chi connectivity index (χ4n) is 6.33. The van der Waals surface area contributed by atoms with Gasteiger partial charge in [0.25, 0.3) is 0 Å². The van der Waals surface area contributed by atoms with Crippen molar-refractivity contribution in [3.8, 4) is 0 Å². The van der Waals surface area contributed by atoms with Crippen LogP contribution in [0.4, 0.5) is 11.4 Å². The van der Waals surface area contributed by atoms with Crippen molar-refractivity contribution < 1.29 is 0 Å². The fourth-order valence-corrected chi connectivity index (χ4v) is 6.33. The molecule has 0 saturated carbocycles. The van der Waals surface area contributed by atoms with Crippen LogP contribution in [0.1, 0.15) is 0 Å². The van der Waals surface area contributed by atoms with Gasteiger partial charge in [0.15, 0.2) is 0 Å². The van der Waals surface area contributed by atoms with E-state index in [9.17, 15) is 0 Å². The van der Waals surface area contributed by atoms with E-state index in [1.165, 1.54) is 66.4 Å². The summed E-state index contributed by atoms with van der Waals surface area (Å²) in [6, 6.07) is 30.2. The van der Waals surface area contributed by atoms with Crippen molar-refractivity contribution in [1.29, 1.82) is 0 Å². The number of aromatic nitrogens is 2. The molecule has 6 heteroatoms. The van der Waals surface area contributed by atoms with Gasteiger partial charge in [-0.05, 0) is 36.4 Å². The molecule has 0 bridgehead atoms. The number of rotatable bonds is 2. The Bertz CT molecular complexity index is 1880. The van der Waals surface area contributed by atoms with E-state index in [0.717, 1.165) is 13.3 Å². The van der Waals surface area contributed by atoms with E-state index in [-0.39, 0.29) is 0 Å². The number of anilines is 2. The first-order valence-electron chi connectivity index (χ1n) is 13.0. The van der Waals surface area contributed by atoms with Crippen molar-refractivity contribution in [2.24, 2.45) is 0 Å². The summed E-state index contributed by atoms with van der Waals surface area (Å²) >= 11 is 0. The van der Waals surface area contributed by atoms with Gasteiger partial charge in [-0.15, -0.1) is 0 Å². The smallest absolute Gasteiger partial charge is 0.115 e. The van der Waals surface area contributed by atoms with Gasteiger partial charge >= 0.3 is 0 Å². The average Bonchev–Trinajstić information content (AvgIpc) is 3.73. The van der Waals surface area contributed by atoms with Crippen LogP contribution in [0.15, 0.2) is 121 Å². The minimum atomic E-state index is 0.760. The lowest BCUT2D eigenvalue weighted by molar-refractivity contribution is 0.0742. The highest BCUT2D eigenvalue weighted by Crippen LogP contribution is 2.40. The summed E-state index contributed by atoms with van der Waals surface area (Å²) in [6.45, 7) is 1.52. The van der Waals surface area contributed by atoms with Crippen LogP contribution in [0.5, 0.6) is 0 Å². The molecule has 0 fully saturated rings. The SMILES string of the molecule is C1=CC2=CN(c3cccc4c3[nH]c3ccccc34)CN2N2CN(c3cccc4c3[nH]c3ccccc34)C=C12. The molecule has 0 saturated heterocycles. The number of fused-ring (bicyclic) bond motifs is 9. The number of H-pyrrole nitrogens is 2. The number of hydrogen-bond donors (Lipinski definition) is 2. The van der Waals surface area contributed by atoms with Crippen molar-refractivity contribution in [2.45, 2.75) is 0 Å². The van der Waals surface area contributed by atoms with E-state index in [2.05, 4.69) is 139 Å². The van der Waals surface area contributed by atoms with E-state index in [1.807, 2.05) is 0 Å². The topological polar surface area (TPSA) is 44.5 Å². The van der Waals surface area contributed by atoms with E-state index >= 15 is 0 Å². The maximum Gasteiger partial charge on any atom is 0.115 e. The molecule has 0 radical (unpaired) electrons. The summed E-state index contributed by atoms with van der Waals surface area (Å²) in [6.07, 6.45) is 8.96. The van der Waals surface area contributed by atoms with Gasteiger partial charge in [0.2, 0.25) is 0 Å². The Hall–Kier alpha value is -5.10. The lowest BCUT2D eigenvalue weighted by Crippen LogP contribution is -2.44. The third kappa shape index (κ3) is 2.66. The van der Waals surface area contributed by atoms with Crippen LogP contribution in [0.3, 0.4) is 0 Å². The van der Waals surface area contributed by atoms with E-state index in [4.69, 9.17) is 0 Å². The molecule has 0 atom stereocenters. The maximum atomic E-state index is 3.66. The summed E-state index contributed by atoms with van der Waals surface area (Å²) in [4.78, 5) is 12.0. The summed E-state index contributed by atoms with van der Waals surface area (Å²) in [5.41, 5.74) is 9.48. The normalized spacial score (nSPS) is 16.7. The van der Waals surface area contributed by atoms with Crippen LogP contribution in [0.2, 0.25) is 0 Å². The van der Waals surface area contributed by atoms with E-state index in [0.29, 0.717) is 0 Å². The molecule has 4 aromatic carbocycles. The first-order chi connectivity index (χ1) is 18.8. The second-order valence-electron chi connectivity index (χ2n) is 10.2. The van der Waals surface area contributed by atoms with Crippen LogP contribution in [0, 0.1) is 0 Å². The monoisotopic (exact) mass is 492 g/mol. The summed E-state index contributed by atoms with van der Waals surface area (Å²) in [5, 5.41) is 9.80. The van der Waals surface area contributed by atoms with Crippen molar-refractivity contribution in [3.63, 3.8) is 0 Å². The molecule has 0 amide bonds. The average molecular weight is 493 g/mol. The van der Waals surface area contributed by atoms with Gasteiger partial charge in [-0.25, -0.2) is 0 Å². The molecule has 0 spiro atoms. The molecule has 38 heavy (non-hydrogen) atoms. The van der Waals surface area contributed by atoms with Crippen molar-refractivity contribution in [2.75, 3.05) is 23.1 Å². The van der Waals surface area contributed by atoms with Crippen molar-refractivity contribution in [1.82, 2.24) is 20.0 Å². The molecule has 3 aliphatic rings. The number of allylic oxidation sites excluding steroid dienone is 2. The Morgan fingerprint density at radius 2 is 0.921 bits per heavy atom. The number of aromatic amines is 2. The Balaban J connectivity index is 1.07. The Morgan fingerprint density at radius 1 is 0.474 bits per heavy atom. The predicted octanol–water partition coefficient (Wildman–Crippen LogP) is 6.98. The van der Waals surface area contributed by atoms with Gasteiger partial charge < -0.3 is 19.8 Å². The van der Waals surface area contributed by atoms with Gasteiger partial charge in [0, 0.05) is 45.0 Å². The highest BCUT2D eigenvalue weighted by atomic mass is 15.7. The largest absolute Gasteiger partial charge is 0.353 e. The quantitative estimate of drug-likeness (QED) is 0.274. The third-order valence-corrected chi connectivity index (χ3v) is 8.12. The van der Waals surface area contributed by atoms with Gasteiger partial charge in [0.1, 0.15) is 13.3 Å². The highest BCUT2D eigenvalue weighted by Gasteiger charge is 2.35. The molecule has 6 aromatic rings. The molecule has 0 unspecified atom stereocenters. The second kappa shape index (κ2) is 7.23. The highest BCUT2D eigenvalue weighted by molar-refractivity contribution is 6.12. The molecular formula is C32H24N6. The lowest BCUT2D eigenvalue weighted by atomic mass is 10.1. The second-order valence-corrected chi connectivity index (χ2v) is 10.2. The molecule has 6 nitrogen and oxygen atoms in total. The van der Waals surface area contributed by atoms with Crippen LogP contribution in [-0.4, -0.2) is 33.3 Å². The minimum absolute atomic E-state index is 0.760. The van der Waals surface area contributed by atoms with Crippen molar-refractivity contribution >= 4 is 55.0 Å². The number of nitrogens with zero attached hydrogens (tertiary/aromatic N) is 4. The first-order valence-corrected chi connectivity index (χ1v) is 13.0. The summed E-state index contributed by atoms with van der Waals surface area (Å²) < 4.78 is 0. The fraction of sp³-hybridized carbons (Fsp3) is 0.0625. The standard InChI is InChI=1S/C32H24N6/c1-3-11-27-23(7-1)25-9-5-13-29(31(25)33-27)35-17-21-15-16-22-18-36(20-38(22)37(21)19-35)30-14-6-10-26-24-8-2-4-12-28(24)34-32(26)30/h1-18,33-34H,19-20H2. The van der Waals surface area contributed by atoms with E-state index < -0.39 is 0 Å². The first kappa shape index (κ1) is 20.0. The third-order valence-electron chi connectivity index (χ3n) is 8.12. The van der Waals surface area contributed by atoms with Crippen LogP contribution in [0.25, 0.3) is 43.6 Å².